The second-order valence-electron chi connectivity index (χ2n) is 5.17. The van der Waals surface area contributed by atoms with E-state index >= 15 is 0 Å². The number of hydrogen-bond donors (Lipinski definition) is 1. The maximum absolute atomic E-state index is 4.69. The van der Waals surface area contributed by atoms with Gasteiger partial charge in [0.15, 0.2) is 5.13 Å². The minimum Gasteiger partial charge on any atom is -0.351 e. The molecule has 0 spiro atoms. The van der Waals surface area contributed by atoms with Crippen molar-refractivity contribution < 1.29 is 0 Å². The summed E-state index contributed by atoms with van der Waals surface area (Å²) in [5.41, 5.74) is 2.27. The van der Waals surface area contributed by atoms with Gasteiger partial charge in [-0.1, -0.05) is 13.0 Å². The van der Waals surface area contributed by atoms with Crippen LogP contribution >= 0.6 is 11.3 Å². The number of rotatable bonds is 8. The third-order valence-electron chi connectivity index (χ3n) is 3.35. The first kappa shape index (κ1) is 15.9. The topological polar surface area (TPSA) is 41.0 Å². The molecule has 1 N–H and O–H groups in total. The quantitative estimate of drug-likeness (QED) is 0.761. The summed E-state index contributed by atoms with van der Waals surface area (Å²) in [4.78, 5) is 12.6. The number of thiazole rings is 1. The summed E-state index contributed by atoms with van der Waals surface area (Å²) < 4.78 is 0. The summed E-state index contributed by atoms with van der Waals surface area (Å²) in [6.07, 6.45) is 3.95. The molecule has 0 aliphatic heterocycles. The molecule has 114 valence electrons. The first-order chi connectivity index (χ1) is 10.2. The first-order valence-corrected chi connectivity index (χ1v) is 8.30. The zero-order valence-electron chi connectivity index (χ0n) is 13.1. The molecule has 0 unspecified atom stereocenters. The van der Waals surface area contributed by atoms with Crippen molar-refractivity contribution in [3.63, 3.8) is 0 Å². The van der Waals surface area contributed by atoms with Crippen LogP contribution in [0.5, 0.6) is 0 Å². The number of nitrogens with zero attached hydrogens (tertiary/aromatic N) is 3. The van der Waals surface area contributed by atoms with Crippen molar-refractivity contribution in [1.29, 1.82) is 0 Å². The fourth-order valence-corrected chi connectivity index (χ4v) is 3.06. The highest BCUT2D eigenvalue weighted by Gasteiger charge is 2.11. The Kier molecular flexibility index (Phi) is 6.14. The molecule has 2 aromatic rings. The molecule has 0 amide bonds. The van der Waals surface area contributed by atoms with Gasteiger partial charge in [0.25, 0.3) is 0 Å². The SMILES string of the molecule is CCCNCc1sc(N(C)CCc2ccccn2)nc1C. The molecule has 0 bridgehead atoms. The molecule has 0 atom stereocenters. The van der Waals surface area contributed by atoms with Crippen LogP contribution in [-0.2, 0) is 13.0 Å². The summed E-state index contributed by atoms with van der Waals surface area (Å²) in [7, 11) is 2.10. The molecule has 0 saturated carbocycles. The van der Waals surface area contributed by atoms with Gasteiger partial charge in [-0.3, -0.25) is 4.98 Å². The van der Waals surface area contributed by atoms with E-state index in [-0.39, 0.29) is 0 Å². The summed E-state index contributed by atoms with van der Waals surface area (Å²) >= 11 is 1.79. The lowest BCUT2D eigenvalue weighted by atomic mass is 10.2. The van der Waals surface area contributed by atoms with Crippen LogP contribution in [0.2, 0.25) is 0 Å². The van der Waals surface area contributed by atoms with Crippen molar-refractivity contribution in [3.8, 4) is 0 Å². The number of likely N-dealkylation sites (N-methyl/N-ethyl adjacent to an activating group) is 1. The van der Waals surface area contributed by atoms with E-state index in [1.54, 1.807) is 11.3 Å². The highest BCUT2D eigenvalue weighted by Crippen LogP contribution is 2.25. The number of hydrogen-bond acceptors (Lipinski definition) is 5. The second kappa shape index (κ2) is 8.10. The zero-order chi connectivity index (χ0) is 15.1. The molecule has 0 aromatic carbocycles. The van der Waals surface area contributed by atoms with E-state index in [9.17, 15) is 0 Å². The van der Waals surface area contributed by atoms with Gasteiger partial charge in [0.05, 0.1) is 5.69 Å². The number of nitrogens with one attached hydrogen (secondary N) is 1. The number of aryl methyl sites for hydroxylation is 1. The number of pyridine rings is 1. The molecule has 21 heavy (non-hydrogen) atoms. The van der Waals surface area contributed by atoms with Crippen LogP contribution in [0.3, 0.4) is 0 Å². The molecule has 0 radical (unpaired) electrons. The van der Waals surface area contributed by atoms with Crippen molar-refractivity contribution in [3.05, 3.63) is 40.7 Å². The standard InChI is InChI=1S/C16H24N4S/c1-4-9-17-12-15-13(2)19-16(21-15)20(3)11-8-14-7-5-6-10-18-14/h5-7,10,17H,4,8-9,11-12H2,1-3H3. The zero-order valence-corrected chi connectivity index (χ0v) is 13.9. The summed E-state index contributed by atoms with van der Waals surface area (Å²) in [6, 6.07) is 6.06. The van der Waals surface area contributed by atoms with Gasteiger partial charge in [-0.05, 0) is 32.0 Å². The first-order valence-electron chi connectivity index (χ1n) is 7.48. The highest BCUT2D eigenvalue weighted by molar-refractivity contribution is 7.15. The van der Waals surface area contributed by atoms with E-state index in [1.165, 1.54) is 4.88 Å². The highest BCUT2D eigenvalue weighted by atomic mass is 32.1. The lowest BCUT2D eigenvalue weighted by Gasteiger charge is -2.15. The molecule has 0 aliphatic carbocycles. The predicted molar refractivity (Wildman–Crippen MR) is 90.1 cm³/mol. The minimum atomic E-state index is 0.922. The predicted octanol–water partition coefficient (Wildman–Crippen LogP) is 3.03. The van der Waals surface area contributed by atoms with E-state index in [1.807, 2.05) is 18.3 Å². The van der Waals surface area contributed by atoms with Gasteiger partial charge in [-0.25, -0.2) is 4.98 Å². The Labute approximate surface area is 131 Å². The van der Waals surface area contributed by atoms with Crippen molar-refractivity contribution in [2.75, 3.05) is 25.0 Å². The molecule has 2 heterocycles. The molecule has 0 fully saturated rings. The van der Waals surface area contributed by atoms with Gasteiger partial charge in [0, 0.05) is 43.3 Å². The molecule has 0 aliphatic rings. The van der Waals surface area contributed by atoms with E-state index in [4.69, 9.17) is 0 Å². The van der Waals surface area contributed by atoms with Crippen LogP contribution in [0.25, 0.3) is 0 Å². The van der Waals surface area contributed by atoms with E-state index in [2.05, 4.69) is 47.1 Å². The molecule has 4 nitrogen and oxygen atoms in total. The van der Waals surface area contributed by atoms with Crippen molar-refractivity contribution in [2.45, 2.75) is 33.2 Å². The fourth-order valence-electron chi connectivity index (χ4n) is 2.04. The van der Waals surface area contributed by atoms with Crippen LogP contribution < -0.4 is 10.2 Å². The maximum Gasteiger partial charge on any atom is 0.185 e. The minimum absolute atomic E-state index is 0.922. The maximum atomic E-state index is 4.69. The average Bonchev–Trinajstić information content (AvgIpc) is 2.87. The lowest BCUT2D eigenvalue weighted by molar-refractivity contribution is 0.678. The van der Waals surface area contributed by atoms with Gasteiger partial charge in [-0.15, -0.1) is 11.3 Å². The normalized spacial score (nSPS) is 10.8. The Hall–Kier alpha value is -1.46. The Balaban J connectivity index is 1.90. The van der Waals surface area contributed by atoms with E-state index < -0.39 is 0 Å². The third kappa shape index (κ3) is 4.79. The van der Waals surface area contributed by atoms with E-state index in [0.29, 0.717) is 0 Å². The Morgan fingerprint density at radius 3 is 2.90 bits per heavy atom. The summed E-state index contributed by atoms with van der Waals surface area (Å²) in [5, 5.41) is 4.54. The van der Waals surface area contributed by atoms with E-state index in [0.717, 1.165) is 49.0 Å². The van der Waals surface area contributed by atoms with Gasteiger partial charge in [0.2, 0.25) is 0 Å². The molecular formula is C16H24N4S. The van der Waals surface area contributed by atoms with Gasteiger partial charge < -0.3 is 10.2 Å². The smallest absolute Gasteiger partial charge is 0.185 e. The summed E-state index contributed by atoms with van der Waals surface area (Å²) in [5.74, 6) is 0. The van der Waals surface area contributed by atoms with Gasteiger partial charge in [0.1, 0.15) is 0 Å². The lowest BCUT2D eigenvalue weighted by Crippen LogP contribution is -2.20. The van der Waals surface area contributed by atoms with Crippen LogP contribution in [0.1, 0.15) is 29.6 Å². The average molecular weight is 304 g/mol. The molecule has 0 saturated heterocycles. The van der Waals surface area contributed by atoms with Crippen molar-refractivity contribution >= 4 is 16.5 Å². The molecular weight excluding hydrogens is 280 g/mol. The van der Waals surface area contributed by atoms with Crippen molar-refractivity contribution in [1.82, 2.24) is 15.3 Å². The molecule has 2 rings (SSSR count). The second-order valence-corrected chi connectivity index (χ2v) is 6.24. The Morgan fingerprint density at radius 1 is 1.33 bits per heavy atom. The van der Waals surface area contributed by atoms with Crippen LogP contribution in [0.4, 0.5) is 5.13 Å². The Morgan fingerprint density at radius 2 is 2.19 bits per heavy atom. The number of aromatic nitrogens is 2. The summed E-state index contributed by atoms with van der Waals surface area (Å²) in [6.45, 7) is 7.19. The van der Waals surface area contributed by atoms with Crippen LogP contribution in [0, 0.1) is 6.92 Å². The third-order valence-corrected chi connectivity index (χ3v) is 4.62. The van der Waals surface area contributed by atoms with Crippen LogP contribution in [0.15, 0.2) is 24.4 Å². The molecule has 2 aromatic heterocycles. The van der Waals surface area contributed by atoms with Gasteiger partial charge >= 0.3 is 0 Å². The van der Waals surface area contributed by atoms with Crippen LogP contribution in [-0.4, -0.2) is 30.1 Å². The number of anilines is 1. The fraction of sp³-hybridized carbons (Fsp3) is 0.500. The largest absolute Gasteiger partial charge is 0.351 e. The molecule has 5 heteroatoms. The van der Waals surface area contributed by atoms with Crippen molar-refractivity contribution in [2.24, 2.45) is 0 Å². The van der Waals surface area contributed by atoms with Gasteiger partial charge in [-0.2, -0.15) is 0 Å². The monoisotopic (exact) mass is 304 g/mol. The Bertz CT molecular complexity index is 538.